The van der Waals surface area contributed by atoms with Gasteiger partial charge in [-0.15, -0.1) is 0 Å². The molecule has 0 unspecified atom stereocenters. The summed E-state index contributed by atoms with van der Waals surface area (Å²) >= 11 is 0. The van der Waals surface area contributed by atoms with E-state index in [4.69, 9.17) is 9.47 Å². The Morgan fingerprint density at radius 3 is 2.42 bits per heavy atom. The minimum atomic E-state index is -0.303. The quantitative estimate of drug-likeness (QED) is 0.299. The number of rotatable bonds is 9. The average Bonchev–Trinajstić information content (AvgIpc) is 2.87. The van der Waals surface area contributed by atoms with E-state index in [1.165, 1.54) is 5.56 Å². The molecule has 4 nitrogen and oxygen atoms in total. The van der Waals surface area contributed by atoms with Crippen LogP contribution in [0.5, 0.6) is 11.5 Å². The first-order chi connectivity index (χ1) is 16.1. The molecule has 0 bridgehead atoms. The van der Waals surface area contributed by atoms with Crippen molar-refractivity contribution in [3.63, 3.8) is 0 Å². The second kappa shape index (κ2) is 10.7. The van der Waals surface area contributed by atoms with Crippen LogP contribution in [0.3, 0.4) is 0 Å². The van der Waals surface area contributed by atoms with Crippen molar-refractivity contribution >= 4 is 22.4 Å². The molecule has 4 rings (SSSR count). The molecule has 4 aromatic carbocycles. The Labute approximate surface area is 195 Å². The van der Waals surface area contributed by atoms with Crippen LogP contribution in [0.4, 0.5) is 5.69 Å². The van der Waals surface area contributed by atoms with Gasteiger partial charge in [0.25, 0.3) is 0 Å². The van der Waals surface area contributed by atoms with Crippen LogP contribution in [0.1, 0.15) is 30.4 Å². The maximum atomic E-state index is 13.0. The molecule has 4 aromatic rings. The van der Waals surface area contributed by atoms with Crippen molar-refractivity contribution in [1.29, 1.82) is 0 Å². The summed E-state index contributed by atoms with van der Waals surface area (Å²) in [6.45, 7) is 2.51. The molecule has 0 saturated carbocycles. The van der Waals surface area contributed by atoms with Crippen molar-refractivity contribution < 1.29 is 14.3 Å². The molecular formula is C29H29NO3. The molecule has 1 atom stereocenters. The van der Waals surface area contributed by atoms with Gasteiger partial charge in [0.05, 0.1) is 25.3 Å². The van der Waals surface area contributed by atoms with Crippen LogP contribution in [-0.2, 0) is 11.2 Å². The fourth-order valence-corrected chi connectivity index (χ4v) is 3.83. The number of nitrogens with one attached hydrogen (secondary N) is 1. The molecule has 4 heteroatoms. The molecule has 0 spiro atoms. The first-order valence-corrected chi connectivity index (χ1v) is 11.3. The standard InChI is InChI=1S/C29H29NO3/c1-21(23-14-15-25-20-26(32-2)17-16-24(25)19-23)29(31)30-27-12-6-7-13-28(27)33-18-8-11-22-9-4-3-5-10-22/h3-7,9-10,12-17,19-21H,8,11,18H2,1-2H3,(H,30,31)/t21-/m0/s1. The third-order valence-corrected chi connectivity index (χ3v) is 5.82. The van der Waals surface area contributed by atoms with Gasteiger partial charge in [0.15, 0.2) is 0 Å². The topological polar surface area (TPSA) is 47.6 Å². The van der Waals surface area contributed by atoms with Crippen molar-refractivity contribution in [3.8, 4) is 11.5 Å². The van der Waals surface area contributed by atoms with Crippen LogP contribution in [0.2, 0.25) is 0 Å². The number of amides is 1. The van der Waals surface area contributed by atoms with Crippen LogP contribution in [0, 0.1) is 0 Å². The Kier molecular flexibility index (Phi) is 7.26. The number of anilines is 1. The van der Waals surface area contributed by atoms with E-state index < -0.39 is 0 Å². The average molecular weight is 440 g/mol. The van der Waals surface area contributed by atoms with Crippen molar-refractivity contribution in [3.05, 3.63) is 102 Å². The van der Waals surface area contributed by atoms with Crippen LogP contribution < -0.4 is 14.8 Å². The van der Waals surface area contributed by atoms with Gasteiger partial charge in [0.1, 0.15) is 11.5 Å². The number of methoxy groups -OCH3 is 1. The molecule has 0 aliphatic heterocycles. The normalized spacial score (nSPS) is 11.7. The molecule has 33 heavy (non-hydrogen) atoms. The summed E-state index contributed by atoms with van der Waals surface area (Å²) in [5.41, 5.74) is 2.95. The molecule has 168 valence electrons. The van der Waals surface area contributed by atoms with Gasteiger partial charge in [-0.2, -0.15) is 0 Å². The van der Waals surface area contributed by atoms with Crippen LogP contribution in [0.15, 0.2) is 91.0 Å². The Morgan fingerprint density at radius 1 is 0.879 bits per heavy atom. The van der Waals surface area contributed by atoms with E-state index in [1.54, 1.807) is 7.11 Å². The highest BCUT2D eigenvalue weighted by atomic mass is 16.5. The Balaban J connectivity index is 1.39. The van der Waals surface area contributed by atoms with E-state index in [9.17, 15) is 4.79 Å². The molecular weight excluding hydrogens is 410 g/mol. The molecule has 0 aliphatic carbocycles. The summed E-state index contributed by atoms with van der Waals surface area (Å²) in [5.74, 6) is 1.14. The van der Waals surface area contributed by atoms with E-state index in [1.807, 2.05) is 67.6 Å². The lowest BCUT2D eigenvalue weighted by Crippen LogP contribution is -2.19. The largest absolute Gasteiger partial charge is 0.497 e. The predicted molar refractivity (Wildman–Crippen MR) is 134 cm³/mol. The van der Waals surface area contributed by atoms with E-state index >= 15 is 0 Å². The zero-order valence-corrected chi connectivity index (χ0v) is 19.1. The number of fused-ring (bicyclic) bond motifs is 1. The second-order valence-corrected chi connectivity index (χ2v) is 8.12. The summed E-state index contributed by atoms with van der Waals surface area (Å²) in [7, 11) is 1.66. The highest BCUT2D eigenvalue weighted by molar-refractivity contribution is 5.97. The number of carbonyl (C=O) groups excluding carboxylic acids is 1. The predicted octanol–water partition coefficient (Wildman–Crippen LogP) is 6.60. The van der Waals surface area contributed by atoms with Gasteiger partial charge < -0.3 is 14.8 Å². The highest BCUT2D eigenvalue weighted by Gasteiger charge is 2.17. The Hall–Kier alpha value is -3.79. The number of benzene rings is 4. The van der Waals surface area contributed by atoms with Crippen LogP contribution in [0.25, 0.3) is 10.8 Å². The minimum absolute atomic E-state index is 0.0665. The first-order valence-electron chi connectivity index (χ1n) is 11.3. The molecule has 0 aliphatic rings. The molecule has 0 saturated heterocycles. The number of hydrogen-bond donors (Lipinski definition) is 1. The lowest BCUT2D eigenvalue weighted by Gasteiger charge is -2.16. The summed E-state index contributed by atoms with van der Waals surface area (Å²) in [6, 6.07) is 30.0. The van der Waals surface area contributed by atoms with E-state index in [-0.39, 0.29) is 11.8 Å². The van der Waals surface area contributed by atoms with Gasteiger partial charge in [-0.1, -0.05) is 66.7 Å². The maximum absolute atomic E-state index is 13.0. The SMILES string of the molecule is COc1ccc2cc([C@H](C)C(=O)Nc3ccccc3OCCCc3ccccc3)ccc2c1. The summed E-state index contributed by atoms with van der Waals surface area (Å²) in [5, 5.41) is 5.21. The molecule has 1 N–H and O–H groups in total. The van der Waals surface area contributed by atoms with Crippen molar-refractivity contribution in [1.82, 2.24) is 0 Å². The summed E-state index contributed by atoms with van der Waals surface area (Å²) in [6.07, 6.45) is 1.87. The van der Waals surface area contributed by atoms with Crippen LogP contribution in [-0.4, -0.2) is 19.6 Å². The monoisotopic (exact) mass is 439 g/mol. The number of para-hydroxylation sites is 2. The third kappa shape index (κ3) is 5.72. The van der Waals surface area contributed by atoms with E-state index in [2.05, 4.69) is 35.6 Å². The smallest absolute Gasteiger partial charge is 0.231 e. The second-order valence-electron chi connectivity index (χ2n) is 8.12. The molecule has 0 heterocycles. The lowest BCUT2D eigenvalue weighted by atomic mass is 9.97. The van der Waals surface area contributed by atoms with Crippen LogP contribution >= 0.6 is 0 Å². The number of hydrogen-bond acceptors (Lipinski definition) is 3. The lowest BCUT2D eigenvalue weighted by molar-refractivity contribution is -0.117. The molecule has 0 radical (unpaired) electrons. The van der Waals surface area contributed by atoms with E-state index in [0.717, 1.165) is 34.9 Å². The summed E-state index contributed by atoms with van der Waals surface area (Å²) < 4.78 is 11.3. The van der Waals surface area contributed by atoms with Gasteiger partial charge in [0, 0.05) is 0 Å². The summed E-state index contributed by atoms with van der Waals surface area (Å²) in [4.78, 5) is 13.0. The highest BCUT2D eigenvalue weighted by Crippen LogP contribution is 2.28. The van der Waals surface area contributed by atoms with Crippen molar-refractivity contribution in [2.24, 2.45) is 0 Å². The molecule has 1 amide bonds. The van der Waals surface area contributed by atoms with Gasteiger partial charge in [-0.05, 0) is 65.9 Å². The van der Waals surface area contributed by atoms with Gasteiger partial charge in [-0.3, -0.25) is 4.79 Å². The minimum Gasteiger partial charge on any atom is -0.497 e. The fraction of sp³-hybridized carbons (Fsp3) is 0.207. The molecule has 0 aromatic heterocycles. The van der Waals surface area contributed by atoms with Gasteiger partial charge >= 0.3 is 0 Å². The first kappa shape index (κ1) is 22.4. The molecule has 0 fully saturated rings. The number of carbonyl (C=O) groups is 1. The fourth-order valence-electron chi connectivity index (χ4n) is 3.83. The van der Waals surface area contributed by atoms with Gasteiger partial charge in [0.2, 0.25) is 5.91 Å². The Bertz CT molecular complexity index is 1220. The van der Waals surface area contributed by atoms with Gasteiger partial charge in [-0.25, -0.2) is 0 Å². The van der Waals surface area contributed by atoms with Crippen molar-refractivity contribution in [2.75, 3.05) is 19.0 Å². The number of aryl methyl sites for hydroxylation is 1. The Morgan fingerprint density at radius 2 is 1.61 bits per heavy atom. The number of ether oxygens (including phenoxy) is 2. The maximum Gasteiger partial charge on any atom is 0.231 e. The third-order valence-electron chi connectivity index (χ3n) is 5.82. The van der Waals surface area contributed by atoms with Crippen molar-refractivity contribution in [2.45, 2.75) is 25.7 Å². The van der Waals surface area contributed by atoms with E-state index in [0.29, 0.717) is 18.0 Å². The zero-order chi connectivity index (χ0) is 23.0. The zero-order valence-electron chi connectivity index (χ0n) is 19.1.